The van der Waals surface area contributed by atoms with Gasteiger partial charge in [-0.1, -0.05) is 47.5 Å². The van der Waals surface area contributed by atoms with Gasteiger partial charge in [-0.25, -0.2) is 10.8 Å². The molecule has 0 radical (unpaired) electrons. The molecule has 1 aliphatic rings. The molecule has 46 heavy (non-hydrogen) atoms. The maximum absolute atomic E-state index is 13.8. The minimum Gasteiger partial charge on any atom is -0.496 e. The highest BCUT2D eigenvalue weighted by Crippen LogP contribution is 2.31. The van der Waals surface area contributed by atoms with Crippen LogP contribution in [0.1, 0.15) is 47.2 Å². The number of likely N-dealkylation sites (N-methyl/N-ethyl adjacent to an activating group) is 1. The number of hydrazone groups is 1. The number of aryl methyl sites for hydroxylation is 1. The van der Waals surface area contributed by atoms with Crippen molar-refractivity contribution in [2.75, 3.05) is 58.4 Å². The number of ether oxygens (including phenoxy) is 1. The predicted molar refractivity (Wildman–Crippen MR) is 190 cm³/mol. The van der Waals surface area contributed by atoms with Crippen molar-refractivity contribution in [1.29, 1.82) is 0 Å². The van der Waals surface area contributed by atoms with Crippen LogP contribution < -0.4 is 21.4 Å². The molecule has 1 aliphatic heterocycles. The molecule has 0 bridgehead atoms. The van der Waals surface area contributed by atoms with Gasteiger partial charge in [-0.05, 0) is 87.3 Å². The number of amidine groups is 1. The van der Waals surface area contributed by atoms with Crippen molar-refractivity contribution < 1.29 is 9.53 Å². The molecule has 1 saturated heterocycles. The number of halogens is 2. The van der Waals surface area contributed by atoms with Gasteiger partial charge in [0.2, 0.25) is 0 Å². The van der Waals surface area contributed by atoms with Gasteiger partial charge in [-0.3, -0.25) is 9.80 Å². The molecule has 1 unspecified atom stereocenters. The van der Waals surface area contributed by atoms with E-state index >= 15 is 0 Å². The summed E-state index contributed by atoms with van der Waals surface area (Å²) in [5, 5.41) is 5.70. The Balaban J connectivity index is 1.47. The number of hydrogen-bond donors (Lipinski definition) is 2. The van der Waals surface area contributed by atoms with Crippen molar-refractivity contribution in [3.05, 3.63) is 87.4 Å². The lowest BCUT2D eigenvalue weighted by molar-refractivity contribution is 0.0779. The minimum absolute atomic E-state index is 0.0111. The van der Waals surface area contributed by atoms with Gasteiger partial charge in [0.05, 0.1) is 34.1 Å². The smallest absolute Gasteiger partial charge is 0.257 e. The van der Waals surface area contributed by atoms with Crippen LogP contribution in [0.15, 0.2) is 70.8 Å². The number of nitrogens with two attached hydrogens (primary N) is 2. The summed E-state index contributed by atoms with van der Waals surface area (Å²) < 4.78 is 5.52. The molecule has 1 atom stereocenters. The summed E-state index contributed by atoms with van der Waals surface area (Å²) in [5.41, 5.74) is 4.13. The molecule has 1 fully saturated rings. The Hall–Kier alpha value is -3.83. The number of rotatable bonds is 11. The molecule has 4 rings (SSSR count). The van der Waals surface area contributed by atoms with Crippen molar-refractivity contribution in [2.24, 2.45) is 21.8 Å². The van der Waals surface area contributed by atoms with Crippen LogP contribution >= 0.6 is 23.2 Å². The van der Waals surface area contributed by atoms with Crippen LogP contribution in [0.4, 0.5) is 11.4 Å². The summed E-state index contributed by atoms with van der Waals surface area (Å²) >= 11 is 12.7. The number of hydrazine groups is 1. The molecule has 10 nitrogen and oxygen atoms in total. The molecule has 3 aromatic carbocycles. The third kappa shape index (κ3) is 9.13. The highest BCUT2D eigenvalue weighted by Gasteiger charge is 2.24. The highest BCUT2D eigenvalue weighted by atomic mass is 35.5. The third-order valence-corrected chi connectivity index (χ3v) is 9.14. The van der Waals surface area contributed by atoms with Gasteiger partial charge in [-0.2, -0.15) is 5.10 Å². The molecule has 0 spiro atoms. The van der Waals surface area contributed by atoms with E-state index < -0.39 is 0 Å². The van der Waals surface area contributed by atoms with E-state index in [1.807, 2.05) is 30.3 Å². The minimum atomic E-state index is -0.198. The Morgan fingerprint density at radius 3 is 2.57 bits per heavy atom. The third-order valence-electron chi connectivity index (χ3n) is 8.40. The largest absolute Gasteiger partial charge is 0.496 e. The molecule has 4 N–H and O–H groups in total. The lowest BCUT2D eigenvalue weighted by atomic mass is 9.94. The first-order chi connectivity index (χ1) is 22.1. The van der Waals surface area contributed by atoms with E-state index in [0.717, 1.165) is 62.7 Å². The number of benzene rings is 3. The van der Waals surface area contributed by atoms with Gasteiger partial charge in [0.1, 0.15) is 17.9 Å². The number of anilines is 1. The van der Waals surface area contributed by atoms with Gasteiger partial charge in [-0.15, -0.1) is 0 Å². The number of para-hydroxylation sites is 1. The average molecular weight is 668 g/mol. The topological polar surface area (TPSA) is 116 Å². The normalized spacial score (nSPS) is 15.1. The van der Waals surface area contributed by atoms with Crippen molar-refractivity contribution in [1.82, 2.24) is 14.7 Å². The Labute approximate surface area is 282 Å². The zero-order valence-electron chi connectivity index (χ0n) is 27.0. The zero-order chi connectivity index (χ0) is 33.2. The number of nitrogens with zero attached hydrogens (tertiary/aromatic N) is 6. The van der Waals surface area contributed by atoms with E-state index in [0.29, 0.717) is 33.6 Å². The van der Waals surface area contributed by atoms with Crippen LogP contribution in [0.5, 0.6) is 5.75 Å². The fraction of sp³-hybridized carbons (Fsp3) is 0.382. The van der Waals surface area contributed by atoms with Crippen LogP contribution in [-0.4, -0.2) is 86.2 Å². The lowest BCUT2D eigenvalue weighted by Crippen LogP contribution is -2.36. The monoisotopic (exact) mass is 666 g/mol. The Morgan fingerprint density at radius 2 is 1.85 bits per heavy atom. The summed E-state index contributed by atoms with van der Waals surface area (Å²) in [7, 11) is 3.32. The van der Waals surface area contributed by atoms with E-state index in [9.17, 15) is 4.79 Å². The fourth-order valence-corrected chi connectivity index (χ4v) is 6.01. The fourth-order valence-electron chi connectivity index (χ4n) is 5.70. The second kappa shape index (κ2) is 16.6. The molecule has 1 heterocycles. The van der Waals surface area contributed by atoms with Gasteiger partial charge in [0.15, 0.2) is 0 Å². The van der Waals surface area contributed by atoms with Crippen LogP contribution in [0.2, 0.25) is 10.0 Å². The molecule has 12 heteroatoms. The van der Waals surface area contributed by atoms with Crippen molar-refractivity contribution >= 4 is 52.7 Å². The second-order valence-electron chi connectivity index (χ2n) is 11.5. The summed E-state index contributed by atoms with van der Waals surface area (Å²) in [5.74, 6) is 12.6. The molecule has 1 amide bonds. The van der Waals surface area contributed by atoms with Crippen molar-refractivity contribution in [3.8, 4) is 5.75 Å². The summed E-state index contributed by atoms with van der Waals surface area (Å²) in [4.78, 5) is 25.3. The zero-order valence-corrected chi connectivity index (χ0v) is 28.5. The highest BCUT2D eigenvalue weighted by molar-refractivity contribution is 6.42. The second-order valence-corrected chi connectivity index (χ2v) is 12.3. The number of methoxy groups -OCH3 is 1. The first-order valence-corrected chi connectivity index (χ1v) is 16.1. The van der Waals surface area contributed by atoms with Crippen molar-refractivity contribution in [3.63, 3.8) is 0 Å². The number of amides is 1. The number of aliphatic imine (C=N–C) groups is 1. The molecule has 0 aromatic heterocycles. The first-order valence-electron chi connectivity index (χ1n) is 15.3. The van der Waals surface area contributed by atoms with E-state index in [1.54, 1.807) is 30.1 Å². The average Bonchev–Trinajstić information content (AvgIpc) is 3.30. The summed E-state index contributed by atoms with van der Waals surface area (Å²) in [6.45, 7) is 9.29. The maximum atomic E-state index is 13.8. The van der Waals surface area contributed by atoms with E-state index in [-0.39, 0.29) is 11.8 Å². The Morgan fingerprint density at radius 1 is 1.07 bits per heavy atom. The van der Waals surface area contributed by atoms with Gasteiger partial charge in [0, 0.05) is 39.1 Å². The van der Waals surface area contributed by atoms with Crippen LogP contribution in [0.3, 0.4) is 0 Å². The Bertz CT molecular complexity index is 1550. The van der Waals surface area contributed by atoms with Gasteiger partial charge < -0.3 is 25.3 Å². The van der Waals surface area contributed by atoms with Crippen LogP contribution in [-0.2, 0) is 0 Å². The van der Waals surface area contributed by atoms with E-state index in [2.05, 4.69) is 40.9 Å². The molecular weight excluding hydrogens is 623 g/mol. The molecule has 3 aromatic rings. The van der Waals surface area contributed by atoms with E-state index in [4.69, 9.17) is 44.6 Å². The van der Waals surface area contributed by atoms with Gasteiger partial charge in [0.25, 0.3) is 5.91 Å². The maximum Gasteiger partial charge on any atom is 0.257 e. The standard InChI is InChI=1S/C34H44Cl2N8O2/c1-24-8-5-6-9-32(24)40-25(2)43-16-7-15-42(18-19-43)17-14-27(26-10-12-30(35)31(36)20-26)22-41(3)34(45)29-21-28(44(38)23-39-37)11-13-33(29)46-4/h5-6,8-13,20-21,23,27H,7,14-19,22,37-38H2,1-4H3/b39-23-,40-25?. The lowest BCUT2D eigenvalue weighted by Gasteiger charge is -2.28. The SMILES string of the molecule is COc1ccc(N(N)/C=N\N)cc1C(=O)N(C)CC(CCN1CCCN(C(C)=Nc2ccccc2C)CC1)c1ccc(Cl)c(Cl)c1. The molecular formula is C34H44Cl2N8O2. The molecule has 0 saturated carbocycles. The van der Waals surface area contributed by atoms with Crippen LogP contribution in [0.25, 0.3) is 0 Å². The van der Waals surface area contributed by atoms with Crippen LogP contribution in [0, 0.1) is 6.92 Å². The van der Waals surface area contributed by atoms with Crippen molar-refractivity contribution in [2.45, 2.75) is 32.6 Å². The Kier molecular flexibility index (Phi) is 12.7. The quantitative estimate of drug-likeness (QED) is 0.113. The number of carbonyl (C=O) groups is 1. The first kappa shape index (κ1) is 35.0. The summed E-state index contributed by atoms with van der Waals surface area (Å²) in [6.07, 6.45) is 3.13. The molecule has 246 valence electrons. The predicted octanol–water partition coefficient (Wildman–Crippen LogP) is 5.90. The van der Waals surface area contributed by atoms with Gasteiger partial charge >= 0.3 is 0 Å². The molecule has 0 aliphatic carbocycles. The number of hydrogen-bond acceptors (Lipinski definition) is 7. The summed E-state index contributed by atoms with van der Waals surface area (Å²) in [6, 6.07) is 19.0. The van der Waals surface area contributed by atoms with E-state index in [1.165, 1.54) is 24.0 Å². The number of carbonyl (C=O) groups excluding carboxylic acids is 1.